The number of aryl methyl sites for hydroxylation is 1. The summed E-state index contributed by atoms with van der Waals surface area (Å²) in [4.78, 5) is 2.99. The summed E-state index contributed by atoms with van der Waals surface area (Å²) in [6.45, 7) is 5.44. The van der Waals surface area contributed by atoms with Gasteiger partial charge in [0.25, 0.3) is 0 Å². The van der Waals surface area contributed by atoms with E-state index in [2.05, 4.69) is 61.6 Å². The molecule has 0 radical (unpaired) electrons. The summed E-state index contributed by atoms with van der Waals surface area (Å²) >= 11 is 1.96. The quantitative estimate of drug-likeness (QED) is 0.801. The third-order valence-electron chi connectivity index (χ3n) is 3.33. The molecular weight excluding hydrogens is 250 g/mol. The van der Waals surface area contributed by atoms with Crippen molar-refractivity contribution in [3.63, 3.8) is 0 Å². The van der Waals surface area contributed by atoms with E-state index in [4.69, 9.17) is 0 Å². The van der Waals surface area contributed by atoms with Gasteiger partial charge in [0, 0.05) is 15.8 Å². The minimum atomic E-state index is 0.538. The van der Waals surface area contributed by atoms with Crippen molar-refractivity contribution >= 4 is 11.3 Å². The second-order valence-electron chi connectivity index (χ2n) is 4.87. The van der Waals surface area contributed by atoms with E-state index in [-0.39, 0.29) is 0 Å². The van der Waals surface area contributed by atoms with Gasteiger partial charge < -0.3 is 5.32 Å². The van der Waals surface area contributed by atoms with E-state index < -0.39 is 0 Å². The van der Waals surface area contributed by atoms with Crippen molar-refractivity contribution in [1.82, 2.24) is 5.32 Å². The van der Waals surface area contributed by atoms with Crippen LogP contribution in [0.2, 0.25) is 0 Å². The summed E-state index contributed by atoms with van der Waals surface area (Å²) < 4.78 is 0. The molecule has 1 aromatic heterocycles. The smallest absolute Gasteiger partial charge is 0.0156 e. The van der Waals surface area contributed by atoms with E-state index in [0.717, 1.165) is 25.8 Å². The lowest BCUT2D eigenvalue weighted by atomic mass is 10.0. The Bertz CT molecular complexity index is 475. The van der Waals surface area contributed by atoms with Gasteiger partial charge in [-0.3, -0.25) is 0 Å². The first-order valence-electron chi connectivity index (χ1n) is 7.16. The van der Waals surface area contributed by atoms with E-state index in [9.17, 15) is 0 Å². The first-order valence-corrected chi connectivity index (χ1v) is 7.98. The second kappa shape index (κ2) is 7.46. The van der Waals surface area contributed by atoms with Crippen molar-refractivity contribution in [1.29, 1.82) is 0 Å². The van der Waals surface area contributed by atoms with E-state index in [1.807, 2.05) is 11.3 Å². The summed E-state index contributed by atoms with van der Waals surface area (Å²) in [7, 11) is 0. The van der Waals surface area contributed by atoms with Gasteiger partial charge in [0.15, 0.2) is 0 Å². The number of benzene rings is 1. The first kappa shape index (κ1) is 14.3. The number of nitrogens with one attached hydrogen (secondary N) is 1. The van der Waals surface area contributed by atoms with Gasteiger partial charge in [0.1, 0.15) is 0 Å². The summed E-state index contributed by atoms with van der Waals surface area (Å²) in [6.07, 6.45) is 3.39. The fourth-order valence-electron chi connectivity index (χ4n) is 2.37. The predicted octanol–water partition coefficient (Wildman–Crippen LogP) is 4.07. The highest BCUT2D eigenvalue weighted by Crippen LogP contribution is 2.19. The number of hydrogen-bond acceptors (Lipinski definition) is 2. The summed E-state index contributed by atoms with van der Waals surface area (Å²) in [5.74, 6) is 0. The maximum absolute atomic E-state index is 3.61. The molecule has 19 heavy (non-hydrogen) atoms. The Labute approximate surface area is 120 Å². The average Bonchev–Trinajstić information content (AvgIpc) is 2.88. The summed E-state index contributed by atoms with van der Waals surface area (Å²) in [5.41, 5.74) is 1.42. The SMILES string of the molecule is CCNC(Cc1ccccc1)Cc1ccc(CC)s1. The van der Waals surface area contributed by atoms with Gasteiger partial charge in [0.2, 0.25) is 0 Å². The monoisotopic (exact) mass is 273 g/mol. The Morgan fingerprint density at radius 1 is 0.947 bits per heavy atom. The number of thiophene rings is 1. The lowest BCUT2D eigenvalue weighted by molar-refractivity contribution is 0.524. The highest BCUT2D eigenvalue weighted by Gasteiger charge is 2.10. The van der Waals surface area contributed by atoms with E-state index in [1.54, 1.807) is 0 Å². The summed E-state index contributed by atoms with van der Waals surface area (Å²) in [6, 6.07) is 15.9. The fraction of sp³-hybridized carbons (Fsp3) is 0.412. The molecule has 1 atom stereocenters. The van der Waals surface area contributed by atoms with Crippen LogP contribution in [-0.2, 0) is 19.3 Å². The molecule has 0 bridgehead atoms. The highest BCUT2D eigenvalue weighted by atomic mass is 32.1. The number of likely N-dealkylation sites (N-methyl/N-ethyl adjacent to an activating group) is 1. The fourth-order valence-corrected chi connectivity index (χ4v) is 3.41. The molecule has 0 aliphatic carbocycles. The minimum absolute atomic E-state index is 0.538. The van der Waals surface area contributed by atoms with Crippen LogP contribution in [0.4, 0.5) is 0 Å². The van der Waals surface area contributed by atoms with Gasteiger partial charge in [-0.25, -0.2) is 0 Å². The molecule has 102 valence electrons. The lowest BCUT2D eigenvalue weighted by Gasteiger charge is -2.17. The Morgan fingerprint density at radius 2 is 1.68 bits per heavy atom. The number of rotatable bonds is 7. The van der Waals surface area contributed by atoms with Gasteiger partial charge in [-0.1, -0.05) is 44.2 Å². The topological polar surface area (TPSA) is 12.0 Å². The standard InChI is InChI=1S/C17H23NS/c1-3-16-10-11-17(19-16)13-15(18-4-2)12-14-8-6-5-7-9-14/h5-11,15,18H,3-4,12-13H2,1-2H3. The van der Waals surface area contributed by atoms with Crippen molar-refractivity contribution < 1.29 is 0 Å². The molecule has 1 N–H and O–H groups in total. The molecule has 0 amide bonds. The van der Waals surface area contributed by atoms with Crippen LogP contribution >= 0.6 is 11.3 Å². The molecule has 1 heterocycles. The third-order valence-corrected chi connectivity index (χ3v) is 4.58. The molecule has 2 aromatic rings. The molecule has 0 aliphatic rings. The Hall–Kier alpha value is -1.12. The molecule has 0 saturated heterocycles. The molecule has 1 unspecified atom stereocenters. The van der Waals surface area contributed by atoms with Gasteiger partial charge in [-0.15, -0.1) is 11.3 Å². The normalized spacial score (nSPS) is 12.5. The largest absolute Gasteiger partial charge is 0.314 e. The van der Waals surface area contributed by atoms with Crippen molar-refractivity contribution in [2.45, 2.75) is 39.2 Å². The Balaban J connectivity index is 1.99. The molecule has 0 spiro atoms. The highest BCUT2D eigenvalue weighted by molar-refractivity contribution is 7.11. The molecular formula is C17H23NS. The molecule has 1 nitrogen and oxygen atoms in total. The zero-order valence-electron chi connectivity index (χ0n) is 11.9. The van der Waals surface area contributed by atoms with Gasteiger partial charge in [-0.05, 0) is 43.5 Å². The van der Waals surface area contributed by atoms with Gasteiger partial charge >= 0.3 is 0 Å². The molecule has 0 aliphatic heterocycles. The van der Waals surface area contributed by atoms with Crippen LogP contribution in [0, 0.1) is 0 Å². The van der Waals surface area contributed by atoms with E-state index in [1.165, 1.54) is 15.3 Å². The van der Waals surface area contributed by atoms with Crippen LogP contribution in [0.3, 0.4) is 0 Å². The van der Waals surface area contributed by atoms with Crippen LogP contribution < -0.4 is 5.32 Å². The van der Waals surface area contributed by atoms with Crippen LogP contribution in [0.5, 0.6) is 0 Å². The lowest BCUT2D eigenvalue weighted by Crippen LogP contribution is -2.32. The zero-order valence-corrected chi connectivity index (χ0v) is 12.7. The van der Waals surface area contributed by atoms with Crippen LogP contribution in [0.15, 0.2) is 42.5 Å². The van der Waals surface area contributed by atoms with Crippen LogP contribution in [0.25, 0.3) is 0 Å². The average molecular weight is 273 g/mol. The molecule has 2 heteroatoms. The van der Waals surface area contributed by atoms with Crippen LogP contribution in [0.1, 0.15) is 29.2 Å². The molecule has 2 rings (SSSR count). The van der Waals surface area contributed by atoms with E-state index in [0.29, 0.717) is 6.04 Å². The number of hydrogen-bond donors (Lipinski definition) is 1. The van der Waals surface area contributed by atoms with Crippen molar-refractivity contribution in [3.05, 3.63) is 57.8 Å². The molecule has 0 saturated carbocycles. The Morgan fingerprint density at radius 3 is 2.32 bits per heavy atom. The zero-order chi connectivity index (χ0) is 13.5. The summed E-state index contributed by atoms with van der Waals surface area (Å²) in [5, 5.41) is 3.61. The maximum Gasteiger partial charge on any atom is 0.0156 e. The maximum atomic E-state index is 3.61. The Kier molecular flexibility index (Phi) is 5.62. The van der Waals surface area contributed by atoms with Crippen LogP contribution in [-0.4, -0.2) is 12.6 Å². The molecule has 1 aromatic carbocycles. The molecule has 0 fully saturated rings. The van der Waals surface area contributed by atoms with E-state index >= 15 is 0 Å². The van der Waals surface area contributed by atoms with Crippen molar-refractivity contribution in [2.75, 3.05) is 6.54 Å². The van der Waals surface area contributed by atoms with Gasteiger partial charge in [0.05, 0.1) is 0 Å². The third kappa shape index (κ3) is 4.48. The second-order valence-corrected chi connectivity index (χ2v) is 6.12. The first-order chi connectivity index (χ1) is 9.31. The van der Waals surface area contributed by atoms with Gasteiger partial charge in [-0.2, -0.15) is 0 Å². The predicted molar refractivity (Wildman–Crippen MR) is 85.0 cm³/mol. The van der Waals surface area contributed by atoms with Crippen molar-refractivity contribution in [3.8, 4) is 0 Å². The minimum Gasteiger partial charge on any atom is -0.314 e. The van der Waals surface area contributed by atoms with Crippen molar-refractivity contribution in [2.24, 2.45) is 0 Å².